The third-order valence-corrected chi connectivity index (χ3v) is 4.02. The maximum atomic E-state index is 11.9. The Kier molecular flexibility index (Phi) is 5.30. The Hall–Kier alpha value is -1.92. The van der Waals surface area contributed by atoms with E-state index in [0.29, 0.717) is 27.2 Å². The van der Waals surface area contributed by atoms with Crippen LogP contribution in [0.4, 0.5) is 11.4 Å². The van der Waals surface area contributed by atoms with Crippen molar-refractivity contribution in [2.24, 2.45) is 0 Å². The molecule has 7 heteroatoms. The molecule has 0 bridgehead atoms. The molecule has 0 atom stereocenters. The van der Waals surface area contributed by atoms with Gasteiger partial charge in [-0.3, -0.25) is 4.79 Å². The Balaban J connectivity index is 1.95. The summed E-state index contributed by atoms with van der Waals surface area (Å²) in [4.78, 5) is 16.0. The van der Waals surface area contributed by atoms with Crippen LogP contribution in [-0.4, -0.2) is 23.8 Å². The van der Waals surface area contributed by atoms with Gasteiger partial charge >= 0.3 is 0 Å². The molecule has 5 nitrogen and oxygen atoms in total. The van der Waals surface area contributed by atoms with E-state index in [1.807, 2.05) is 0 Å². The predicted molar refractivity (Wildman–Crippen MR) is 86.0 cm³/mol. The number of nitrogen functional groups attached to an aromatic ring is 1. The van der Waals surface area contributed by atoms with Crippen LogP contribution in [-0.2, 0) is 4.79 Å². The average molecular weight is 324 g/mol. The zero-order valence-corrected chi connectivity index (χ0v) is 12.9. The topological polar surface area (TPSA) is 77.2 Å². The molecule has 2 rings (SSSR count). The number of nitrogens with one attached hydrogen (secondary N) is 1. The van der Waals surface area contributed by atoms with E-state index < -0.39 is 0 Å². The summed E-state index contributed by atoms with van der Waals surface area (Å²) in [7, 11) is 1.56. The van der Waals surface area contributed by atoms with Crippen LogP contribution in [0.15, 0.2) is 41.6 Å². The minimum absolute atomic E-state index is 0.182. The number of hydrogen-bond donors (Lipinski definition) is 2. The number of rotatable bonds is 5. The molecule has 0 aliphatic carbocycles. The number of nitrogens with two attached hydrogens (primary N) is 1. The van der Waals surface area contributed by atoms with E-state index in [0.717, 1.165) is 0 Å². The Morgan fingerprint density at radius 1 is 1.48 bits per heavy atom. The van der Waals surface area contributed by atoms with Crippen molar-refractivity contribution in [2.45, 2.75) is 5.03 Å². The highest BCUT2D eigenvalue weighted by Crippen LogP contribution is 2.26. The zero-order chi connectivity index (χ0) is 15.2. The molecule has 1 heterocycles. The summed E-state index contributed by atoms with van der Waals surface area (Å²) < 4.78 is 5.05. The number of ether oxygens (including phenoxy) is 1. The molecule has 1 aromatic heterocycles. The molecule has 0 spiro atoms. The largest absolute Gasteiger partial charge is 0.497 e. The number of thioether (sulfide) groups is 1. The number of methoxy groups -OCH3 is 1. The fourth-order valence-electron chi connectivity index (χ4n) is 1.58. The highest BCUT2D eigenvalue weighted by molar-refractivity contribution is 8.00. The lowest BCUT2D eigenvalue weighted by Gasteiger charge is -2.09. The smallest absolute Gasteiger partial charge is 0.234 e. The van der Waals surface area contributed by atoms with Gasteiger partial charge in [0, 0.05) is 12.3 Å². The third kappa shape index (κ3) is 4.27. The molecular formula is C14H14ClN3O2S. The summed E-state index contributed by atoms with van der Waals surface area (Å²) >= 11 is 7.24. The summed E-state index contributed by atoms with van der Waals surface area (Å²) in [5.74, 6) is 0.654. The van der Waals surface area contributed by atoms with Crippen molar-refractivity contribution in [3.05, 3.63) is 41.6 Å². The van der Waals surface area contributed by atoms with Gasteiger partial charge in [-0.2, -0.15) is 0 Å². The van der Waals surface area contributed by atoms with E-state index in [4.69, 9.17) is 22.1 Å². The summed E-state index contributed by atoms with van der Waals surface area (Å²) in [5.41, 5.74) is 6.84. The third-order valence-electron chi connectivity index (χ3n) is 2.60. The number of aromatic nitrogens is 1. The molecule has 3 N–H and O–H groups in total. The monoisotopic (exact) mass is 323 g/mol. The number of anilines is 2. The average Bonchev–Trinajstić information content (AvgIpc) is 2.48. The second kappa shape index (κ2) is 7.19. The number of halogens is 1. The second-order valence-electron chi connectivity index (χ2n) is 4.08. The van der Waals surface area contributed by atoms with Gasteiger partial charge in [-0.05, 0) is 24.3 Å². The van der Waals surface area contributed by atoms with Crippen LogP contribution < -0.4 is 15.8 Å². The summed E-state index contributed by atoms with van der Waals surface area (Å²) in [6.07, 6.45) is 1.63. The molecule has 1 amide bonds. The first kappa shape index (κ1) is 15.5. The van der Waals surface area contributed by atoms with Gasteiger partial charge in [0.25, 0.3) is 0 Å². The molecule has 21 heavy (non-hydrogen) atoms. The predicted octanol–water partition coefficient (Wildman–Crippen LogP) is 3.06. The van der Waals surface area contributed by atoms with Crippen molar-refractivity contribution in [1.82, 2.24) is 4.98 Å². The number of nitrogens with zero attached hydrogens (tertiary/aromatic N) is 1. The maximum absolute atomic E-state index is 11.9. The van der Waals surface area contributed by atoms with Crippen molar-refractivity contribution in [3.8, 4) is 5.75 Å². The van der Waals surface area contributed by atoms with Gasteiger partial charge in [-0.25, -0.2) is 4.98 Å². The summed E-state index contributed by atoms with van der Waals surface area (Å²) in [5, 5.41) is 3.89. The molecule has 1 aromatic carbocycles. The molecule has 0 aliphatic rings. The SMILES string of the molecule is COc1ccc(NC(=O)CSc2ncccc2Cl)c(N)c1. The Bertz CT molecular complexity index is 652. The second-order valence-corrected chi connectivity index (χ2v) is 5.45. The van der Waals surface area contributed by atoms with Gasteiger partial charge < -0.3 is 15.8 Å². The number of pyridine rings is 1. The van der Waals surface area contributed by atoms with E-state index in [-0.39, 0.29) is 11.7 Å². The number of carbonyl (C=O) groups is 1. The quantitative estimate of drug-likeness (QED) is 0.653. The first-order chi connectivity index (χ1) is 10.1. The molecule has 0 saturated heterocycles. The first-order valence-electron chi connectivity index (χ1n) is 6.07. The van der Waals surface area contributed by atoms with Crippen molar-refractivity contribution in [2.75, 3.05) is 23.9 Å². The summed E-state index contributed by atoms with van der Waals surface area (Å²) in [6, 6.07) is 8.55. The van der Waals surface area contributed by atoms with Gasteiger partial charge in [-0.15, -0.1) is 0 Å². The Morgan fingerprint density at radius 3 is 2.95 bits per heavy atom. The highest BCUT2D eigenvalue weighted by atomic mass is 35.5. The van der Waals surface area contributed by atoms with Crippen molar-refractivity contribution in [3.63, 3.8) is 0 Å². The van der Waals surface area contributed by atoms with Crippen LogP contribution >= 0.6 is 23.4 Å². The van der Waals surface area contributed by atoms with Crippen LogP contribution in [0.5, 0.6) is 5.75 Å². The highest BCUT2D eigenvalue weighted by Gasteiger charge is 2.09. The molecule has 2 aromatic rings. The fraction of sp³-hybridized carbons (Fsp3) is 0.143. The van der Waals surface area contributed by atoms with Crippen LogP contribution in [0.2, 0.25) is 5.02 Å². The summed E-state index contributed by atoms with van der Waals surface area (Å²) in [6.45, 7) is 0. The lowest BCUT2D eigenvalue weighted by Crippen LogP contribution is -2.15. The molecule has 0 aliphatic heterocycles. The van der Waals surface area contributed by atoms with Crippen molar-refractivity contribution >= 4 is 40.6 Å². The minimum Gasteiger partial charge on any atom is -0.497 e. The maximum Gasteiger partial charge on any atom is 0.234 e. The van der Waals surface area contributed by atoms with Crippen LogP contribution in [0, 0.1) is 0 Å². The Morgan fingerprint density at radius 2 is 2.29 bits per heavy atom. The molecule has 110 valence electrons. The van der Waals surface area contributed by atoms with Crippen LogP contribution in [0.3, 0.4) is 0 Å². The van der Waals surface area contributed by atoms with Gasteiger partial charge in [0.05, 0.1) is 29.3 Å². The fourth-order valence-corrected chi connectivity index (χ4v) is 2.55. The van der Waals surface area contributed by atoms with Gasteiger partial charge in [-0.1, -0.05) is 23.4 Å². The van der Waals surface area contributed by atoms with E-state index >= 15 is 0 Å². The van der Waals surface area contributed by atoms with E-state index in [1.165, 1.54) is 11.8 Å². The minimum atomic E-state index is -0.182. The molecule has 0 fully saturated rings. The lowest BCUT2D eigenvalue weighted by atomic mass is 10.2. The molecule has 0 unspecified atom stereocenters. The molecular weight excluding hydrogens is 310 g/mol. The molecule has 0 radical (unpaired) electrons. The van der Waals surface area contributed by atoms with Crippen molar-refractivity contribution < 1.29 is 9.53 Å². The van der Waals surface area contributed by atoms with E-state index in [2.05, 4.69) is 10.3 Å². The number of hydrogen-bond acceptors (Lipinski definition) is 5. The normalized spacial score (nSPS) is 10.2. The molecule has 0 saturated carbocycles. The van der Waals surface area contributed by atoms with Crippen LogP contribution in [0.25, 0.3) is 0 Å². The van der Waals surface area contributed by atoms with Crippen molar-refractivity contribution in [1.29, 1.82) is 0 Å². The number of benzene rings is 1. The number of amides is 1. The Labute approximate surface area is 131 Å². The van der Waals surface area contributed by atoms with Gasteiger partial charge in [0.15, 0.2) is 0 Å². The lowest BCUT2D eigenvalue weighted by molar-refractivity contribution is -0.113. The van der Waals surface area contributed by atoms with Crippen LogP contribution in [0.1, 0.15) is 0 Å². The number of carbonyl (C=O) groups excluding carboxylic acids is 1. The van der Waals surface area contributed by atoms with Gasteiger partial charge in [0.2, 0.25) is 5.91 Å². The first-order valence-corrected chi connectivity index (χ1v) is 7.43. The van der Waals surface area contributed by atoms with E-state index in [1.54, 1.807) is 43.6 Å². The standard InChI is InChI=1S/C14H14ClN3O2S/c1-20-9-4-5-12(11(16)7-9)18-13(19)8-21-14-10(15)3-2-6-17-14/h2-7H,8,16H2,1H3,(H,18,19). The van der Waals surface area contributed by atoms with E-state index in [9.17, 15) is 4.79 Å². The zero-order valence-electron chi connectivity index (χ0n) is 11.3. The van der Waals surface area contributed by atoms with Gasteiger partial charge in [0.1, 0.15) is 10.8 Å².